The van der Waals surface area contributed by atoms with Crippen LogP contribution in [0.5, 0.6) is 5.75 Å². The number of halogens is 1. The van der Waals surface area contributed by atoms with Crippen LogP contribution in [0.2, 0.25) is 0 Å². The molecule has 0 aliphatic heterocycles. The van der Waals surface area contributed by atoms with E-state index < -0.39 is 6.10 Å². The van der Waals surface area contributed by atoms with E-state index in [0.29, 0.717) is 19.6 Å². The van der Waals surface area contributed by atoms with Gasteiger partial charge in [0.2, 0.25) is 0 Å². The highest BCUT2D eigenvalue weighted by molar-refractivity contribution is 5.85. The van der Waals surface area contributed by atoms with E-state index in [1.165, 1.54) is 0 Å². The number of hydrogen-bond donors (Lipinski definition) is 2. The Morgan fingerprint density at radius 3 is 2.38 bits per heavy atom. The van der Waals surface area contributed by atoms with Crippen molar-refractivity contribution in [3.05, 3.63) is 65.7 Å². The number of aryl methyl sites for hydroxylation is 1. The molecule has 0 bridgehead atoms. The van der Waals surface area contributed by atoms with Crippen LogP contribution in [0.3, 0.4) is 0 Å². The molecule has 2 aromatic carbocycles. The Bertz CT molecular complexity index is 580. The molecular weight excluding hydrogens is 326 g/mol. The zero-order valence-electron chi connectivity index (χ0n) is 14.0. The Labute approximate surface area is 150 Å². The lowest BCUT2D eigenvalue weighted by Gasteiger charge is -2.24. The summed E-state index contributed by atoms with van der Waals surface area (Å²) in [5.74, 6) is 0.795. The lowest BCUT2D eigenvalue weighted by Crippen LogP contribution is -2.37. The second kappa shape index (κ2) is 11.0. The SMILES string of the molecule is Cc1ccccc1OCC(O)CN(CCO)Cc1ccccc1.Cl. The molecule has 0 spiro atoms. The summed E-state index contributed by atoms with van der Waals surface area (Å²) in [6, 6.07) is 17.8. The smallest absolute Gasteiger partial charge is 0.122 e. The Morgan fingerprint density at radius 1 is 1.04 bits per heavy atom. The molecule has 0 heterocycles. The van der Waals surface area contributed by atoms with Gasteiger partial charge in [-0.3, -0.25) is 4.90 Å². The van der Waals surface area contributed by atoms with Crippen LogP contribution < -0.4 is 4.74 Å². The fraction of sp³-hybridized carbons (Fsp3) is 0.368. The van der Waals surface area contributed by atoms with Crippen molar-refractivity contribution in [1.82, 2.24) is 4.90 Å². The van der Waals surface area contributed by atoms with Crippen molar-refractivity contribution < 1.29 is 14.9 Å². The van der Waals surface area contributed by atoms with E-state index in [1.807, 2.05) is 66.4 Å². The summed E-state index contributed by atoms with van der Waals surface area (Å²) in [6.45, 7) is 3.97. The molecule has 0 amide bonds. The predicted molar refractivity (Wildman–Crippen MR) is 98.7 cm³/mol. The quantitative estimate of drug-likeness (QED) is 0.729. The molecule has 2 aromatic rings. The van der Waals surface area contributed by atoms with Gasteiger partial charge in [-0.05, 0) is 24.1 Å². The number of aliphatic hydroxyl groups excluding tert-OH is 2. The minimum absolute atomic E-state index is 0. The second-order valence-corrected chi connectivity index (χ2v) is 5.67. The van der Waals surface area contributed by atoms with E-state index in [0.717, 1.165) is 16.9 Å². The summed E-state index contributed by atoms with van der Waals surface area (Å²) >= 11 is 0. The van der Waals surface area contributed by atoms with Gasteiger partial charge in [0.05, 0.1) is 6.61 Å². The molecular formula is C19H26ClNO3. The third-order valence-electron chi connectivity index (χ3n) is 3.66. The maximum absolute atomic E-state index is 10.2. The number of benzene rings is 2. The number of ether oxygens (including phenoxy) is 1. The first-order chi connectivity index (χ1) is 11.2. The van der Waals surface area contributed by atoms with Crippen molar-refractivity contribution in [2.24, 2.45) is 0 Å². The maximum atomic E-state index is 10.2. The summed E-state index contributed by atoms with van der Waals surface area (Å²) in [4.78, 5) is 2.03. The van der Waals surface area contributed by atoms with Gasteiger partial charge in [-0.25, -0.2) is 0 Å². The molecule has 0 saturated carbocycles. The van der Waals surface area contributed by atoms with Crippen molar-refractivity contribution in [2.75, 3.05) is 26.3 Å². The van der Waals surface area contributed by atoms with Gasteiger partial charge in [-0.15, -0.1) is 12.4 Å². The highest BCUT2D eigenvalue weighted by atomic mass is 35.5. The largest absolute Gasteiger partial charge is 0.491 e. The minimum Gasteiger partial charge on any atom is -0.491 e. The van der Waals surface area contributed by atoms with Crippen LogP contribution >= 0.6 is 12.4 Å². The third kappa shape index (κ3) is 6.89. The molecule has 24 heavy (non-hydrogen) atoms. The van der Waals surface area contributed by atoms with Gasteiger partial charge >= 0.3 is 0 Å². The number of para-hydroxylation sites is 1. The van der Waals surface area contributed by atoms with Crippen molar-refractivity contribution >= 4 is 12.4 Å². The van der Waals surface area contributed by atoms with Gasteiger partial charge in [0.25, 0.3) is 0 Å². The Hall–Kier alpha value is -1.59. The molecule has 2 N–H and O–H groups in total. The lowest BCUT2D eigenvalue weighted by molar-refractivity contribution is 0.0588. The summed E-state index contributed by atoms with van der Waals surface area (Å²) in [7, 11) is 0. The lowest BCUT2D eigenvalue weighted by atomic mass is 10.2. The average molecular weight is 352 g/mol. The van der Waals surface area contributed by atoms with Gasteiger partial charge in [-0.2, -0.15) is 0 Å². The van der Waals surface area contributed by atoms with E-state index in [2.05, 4.69) is 0 Å². The van der Waals surface area contributed by atoms with Crippen molar-refractivity contribution in [2.45, 2.75) is 19.6 Å². The van der Waals surface area contributed by atoms with Gasteiger partial charge in [0.1, 0.15) is 18.5 Å². The van der Waals surface area contributed by atoms with E-state index in [1.54, 1.807) is 0 Å². The number of hydrogen-bond acceptors (Lipinski definition) is 4. The first-order valence-corrected chi connectivity index (χ1v) is 7.92. The summed E-state index contributed by atoms with van der Waals surface area (Å²) < 4.78 is 5.69. The van der Waals surface area contributed by atoms with Gasteiger partial charge in [0.15, 0.2) is 0 Å². The highest BCUT2D eigenvalue weighted by Gasteiger charge is 2.13. The fourth-order valence-electron chi connectivity index (χ4n) is 2.47. The van der Waals surface area contributed by atoms with Crippen LogP contribution in [0, 0.1) is 6.92 Å². The molecule has 132 valence electrons. The molecule has 1 unspecified atom stereocenters. The van der Waals surface area contributed by atoms with E-state index in [9.17, 15) is 10.2 Å². The molecule has 0 aliphatic rings. The van der Waals surface area contributed by atoms with Crippen molar-refractivity contribution in [1.29, 1.82) is 0 Å². The number of aliphatic hydroxyl groups is 2. The van der Waals surface area contributed by atoms with Crippen LogP contribution in [-0.4, -0.2) is 47.5 Å². The van der Waals surface area contributed by atoms with Crippen LogP contribution in [-0.2, 0) is 6.54 Å². The van der Waals surface area contributed by atoms with Gasteiger partial charge in [0, 0.05) is 19.6 Å². The highest BCUT2D eigenvalue weighted by Crippen LogP contribution is 2.16. The first kappa shape index (κ1) is 20.5. The molecule has 0 aliphatic carbocycles. The monoisotopic (exact) mass is 351 g/mol. The molecule has 4 nitrogen and oxygen atoms in total. The predicted octanol–water partition coefficient (Wildman–Crippen LogP) is 2.65. The molecule has 0 fully saturated rings. The molecule has 0 aromatic heterocycles. The molecule has 5 heteroatoms. The normalized spacial score (nSPS) is 11.8. The zero-order valence-corrected chi connectivity index (χ0v) is 14.8. The molecule has 2 rings (SSSR count). The van der Waals surface area contributed by atoms with E-state index >= 15 is 0 Å². The molecule has 1 atom stereocenters. The second-order valence-electron chi connectivity index (χ2n) is 5.67. The fourth-order valence-corrected chi connectivity index (χ4v) is 2.47. The van der Waals surface area contributed by atoms with Gasteiger partial charge < -0.3 is 14.9 Å². The van der Waals surface area contributed by atoms with Crippen LogP contribution in [0.25, 0.3) is 0 Å². The van der Waals surface area contributed by atoms with Crippen molar-refractivity contribution in [3.8, 4) is 5.75 Å². The Kier molecular flexibility index (Phi) is 9.42. The van der Waals surface area contributed by atoms with Crippen LogP contribution in [0.15, 0.2) is 54.6 Å². The number of nitrogens with zero attached hydrogens (tertiary/aromatic N) is 1. The third-order valence-corrected chi connectivity index (χ3v) is 3.66. The summed E-state index contributed by atoms with van der Waals surface area (Å²) in [5, 5.41) is 19.4. The molecule has 0 saturated heterocycles. The summed E-state index contributed by atoms with van der Waals surface area (Å²) in [5.41, 5.74) is 2.21. The van der Waals surface area contributed by atoms with Crippen LogP contribution in [0.1, 0.15) is 11.1 Å². The molecule has 0 radical (unpaired) electrons. The zero-order chi connectivity index (χ0) is 16.5. The maximum Gasteiger partial charge on any atom is 0.122 e. The standard InChI is InChI=1S/C19H25NO3.ClH/c1-16-7-5-6-10-19(16)23-15-18(22)14-20(11-12-21)13-17-8-3-2-4-9-17;/h2-10,18,21-22H,11-15H2,1H3;1H. The first-order valence-electron chi connectivity index (χ1n) is 7.92. The average Bonchev–Trinajstić information content (AvgIpc) is 2.55. The van der Waals surface area contributed by atoms with E-state index in [4.69, 9.17) is 4.74 Å². The topological polar surface area (TPSA) is 52.9 Å². The number of rotatable bonds is 9. The van der Waals surface area contributed by atoms with Crippen molar-refractivity contribution in [3.63, 3.8) is 0 Å². The summed E-state index contributed by atoms with van der Waals surface area (Å²) in [6.07, 6.45) is -0.607. The Morgan fingerprint density at radius 2 is 1.71 bits per heavy atom. The van der Waals surface area contributed by atoms with Crippen LogP contribution in [0.4, 0.5) is 0 Å². The minimum atomic E-state index is -0.607. The Balaban J connectivity index is 0.00000288. The van der Waals surface area contributed by atoms with Gasteiger partial charge in [-0.1, -0.05) is 48.5 Å². The van der Waals surface area contributed by atoms with E-state index in [-0.39, 0.29) is 25.6 Å².